The molecule has 0 aromatic heterocycles. The van der Waals surface area contributed by atoms with Crippen molar-refractivity contribution >= 4 is 0 Å². The molecule has 0 bridgehead atoms. The first-order valence-corrected chi connectivity index (χ1v) is 13.5. The molecule has 7 atom stereocenters. The maximum Gasteiger partial charge on any atom is 0.0594 e. The Morgan fingerprint density at radius 1 is 0.774 bits per heavy atom. The van der Waals surface area contributed by atoms with Crippen LogP contribution < -0.4 is 0 Å². The Morgan fingerprint density at radius 2 is 1.42 bits per heavy atom. The molecule has 0 aliphatic heterocycles. The Labute approximate surface area is 193 Å². The second kappa shape index (κ2) is 7.10. The predicted molar refractivity (Wildman–Crippen MR) is 133 cm³/mol. The summed E-state index contributed by atoms with van der Waals surface area (Å²) in [4.78, 5) is 0. The molecule has 4 aliphatic carbocycles. The van der Waals surface area contributed by atoms with E-state index in [1.807, 2.05) is 5.57 Å². The van der Waals surface area contributed by atoms with E-state index in [0.29, 0.717) is 33.0 Å². The van der Waals surface area contributed by atoms with Gasteiger partial charge in [-0.15, -0.1) is 0 Å². The topological polar surface area (TPSA) is 20.2 Å². The molecule has 4 rings (SSSR count). The zero-order chi connectivity index (χ0) is 23.1. The average Bonchev–Trinajstić information content (AvgIpc) is 2.66. The first kappa shape index (κ1) is 23.8. The third-order valence-electron chi connectivity index (χ3n) is 12.2. The maximum atomic E-state index is 10.8. The summed E-state index contributed by atoms with van der Waals surface area (Å²) in [6.45, 7) is 22.6. The van der Waals surface area contributed by atoms with Crippen molar-refractivity contribution in [1.29, 1.82) is 0 Å². The highest BCUT2D eigenvalue weighted by Gasteiger charge is 2.62. The van der Waals surface area contributed by atoms with E-state index in [0.717, 1.165) is 12.3 Å². The van der Waals surface area contributed by atoms with Gasteiger partial charge in [-0.05, 0) is 115 Å². The first-order valence-electron chi connectivity index (χ1n) is 13.5. The van der Waals surface area contributed by atoms with Crippen molar-refractivity contribution in [3.05, 3.63) is 11.6 Å². The van der Waals surface area contributed by atoms with Gasteiger partial charge in [0, 0.05) is 0 Å². The number of hydrogen-bond donors (Lipinski definition) is 1. The summed E-state index contributed by atoms with van der Waals surface area (Å²) in [5, 5.41) is 10.8. The Morgan fingerprint density at radius 3 is 2.06 bits per heavy atom. The average molecular weight is 429 g/mol. The number of allylic oxidation sites excluding steroid dienone is 2. The van der Waals surface area contributed by atoms with Gasteiger partial charge in [-0.1, -0.05) is 67.0 Å². The van der Waals surface area contributed by atoms with Crippen molar-refractivity contribution in [1.82, 2.24) is 0 Å². The van der Waals surface area contributed by atoms with E-state index < -0.39 is 0 Å². The van der Waals surface area contributed by atoms with Crippen molar-refractivity contribution in [3.63, 3.8) is 0 Å². The van der Waals surface area contributed by atoms with Gasteiger partial charge >= 0.3 is 0 Å². The van der Waals surface area contributed by atoms with Crippen LogP contribution in [0.4, 0.5) is 0 Å². The first-order chi connectivity index (χ1) is 14.1. The fourth-order valence-corrected chi connectivity index (χ4v) is 9.71. The number of fused-ring (bicyclic) bond motifs is 2. The highest BCUT2D eigenvalue weighted by molar-refractivity contribution is 5.28. The van der Waals surface area contributed by atoms with Gasteiger partial charge in [0.2, 0.25) is 0 Å². The van der Waals surface area contributed by atoms with Crippen molar-refractivity contribution in [2.75, 3.05) is 0 Å². The van der Waals surface area contributed by atoms with E-state index in [2.05, 4.69) is 68.4 Å². The lowest BCUT2D eigenvalue weighted by Crippen LogP contribution is -2.58. The second-order valence-corrected chi connectivity index (χ2v) is 15.0. The van der Waals surface area contributed by atoms with Crippen LogP contribution in [-0.2, 0) is 0 Å². The summed E-state index contributed by atoms with van der Waals surface area (Å²) in [6, 6.07) is 0. The Hall–Kier alpha value is -0.300. The zero-order valence-electron chi connectivity index (χ0n) is 22.3. The Kier molecular flexibility index (Phi) is 5.46. The van der Waals surface area contributed by atoms with Gasteiger partial charge < -0.3 is 5.11 Å². The number of hydrogen-bond acceptors (Lipinski definition) is 1. The molecule has 1 nitrogen and oxygen atoms in total. The SMILES string of the molecule is C/C=C1/[C@@H]2CC(C)(C)CC[C@]2(C)CC[C@@]1(C)[C@]1(C)CCC2C(C)(C)[C@@H](O)CC[C@]2(C)C1. The third-order valence-corrected chi connectivity index (χ3v) is 12.2. The van der Waals surface area contributed by atoms with Crippen LogP contribution in [0.15, 0.2) is 11.6 Å². The molecule has 0 saturated heterocycles. The summed E-state index contributed by atoms with van der Waals surface area (Å²) in [7, 11) is 0. The molecule has 0 aromatic carbocycles. The number of rotatable bonds is 1. The Bertz CT molecular complexity index is 746. The molecule has 0 radical (unpaired) electrons. The zero-order valence-corrected chi connectivity index (χ0v) is 22.3. The smallest absolute Gasteiger partial charge is 0.0594 e. The van der Waals surface area contributed by atoms with Gasteiger partial charge in [-0.2, -0.15) is 0 Å². The molecule has 0 heterocycles. The van der Waals surface area contributed by atoms with Crippen molar-refractivity contribution in [2.45, 2.75) is 133 Å². The van der Waals surface area contributed by atoms with Crippen molar-refractivity contribution < 1.29 is 5.11 Å². The van der Waals surface area contributed by atoms with E-state index in [-0.39, 0.29) is 11.5 Å². The van der Waals surface area contributed by atoms with Gasteiger partial charge in [0.25, 0.3) is 0 Å². The lowest BCUT2D eigenvalue weighted by molar-refractivity contribution is -0.159. The molecule has 0 aromatic rings. The minimum Gasteiger partial charge on any atom is -0.393 e. The van der Waals surface area contributed by atoms with Crippen LogP contribution in [0.25, 0.3) is 0 Å². The molecular weight excluding hydrogens is 376 g/mol. The standard InChI is InChI=1S/C30H52O/c1-10-21-22-19-25(2,3)15-16-27(22,6)17-18-30(21,9)29(8)14-11-23-26(4,5)24(31)12-13-28(23,7)20-29/h10,22-24,31H,11-20H2,1-9H3/b21-10-/t22-,23?,24-,27+,28+,29+,30+/m0/s1. The third kappa shape index (κ3) is 3.41. The molecule has 1 heteroatoms. The molecule has 0 amide bonds. The fourth-order valence-electron chi connectivity index (χ4n) is 9.71. The van der Waals surface area contributed by atoms with Crippen LogP contribution in [0.5, 0.6) is 0 Å². The summed E-state index contributed by atoms with van der Waals surface area (Å²) in [6.07, 6.45) is 15.5. The molecule has 1 unspecified atom stereocenters. The lowest BCUT2D eigenvalue weighted by atomic mass is 9.39. The van der Waals surface area contributed by atoms with Crippen molar-refractivity contribution in [2.24, 2.45) is 44.3 Å². The maximum absolute atomic E-state index is 10.8. The fraction of sp³-hybridized carbons (Fsp3) is 0.933. The molecule has 1 N–H and O–H groups in total. The van der Waals surface area contributed by atoms with E-state index >= 15 is 0 Å². The monoisotopic (exact) mass is 428 g/mol. The minimum absolute atomic E-state index is 0.0528. The second-order valence-electron chi connectivity index (χ2n) is 15.0. The normalized spacial score (nSPS) is 53.0. The van der Waals surface area contributed by atoms with E-state index in [4.69, 9.17) is 0 Å². The predicted octanol–water partition coefficient (Wildman–Crippen LogP) is 8.56. The van der Waals surface area contributed by atoms with Gasteiger partial charge in [0.05, 0.1) is 6.10 Å². The van der Waals surface area contributed by atoms with Crippen molar-refractivity contribution in [3.8, 4) is 0 Å². The summed E-state index contributed by atoms with van der Waals surface area (Å²) >= 11 is 0. The lowest BCUT2D eigenvalue weighted by Gasteiger charge is -2.66. The summed E-state index contributed by atoms with van der Waals surface area (Å²) in [5.74, 6) is 1.41. The largest absolute Gasteiger partial charge is 0.393 e. The van der Waals surface area contributed by atoms with Gasteiger partial charge in [0.15, 0.2) is 0 Å². The molecule has 31 heavy (non-hydrogen) atoms. The molecular formula is C30H52O. The number of aliphatic hydroxyl groups is 1. The summed E-state index contributed by atoms with van der Waals surface area (Å²) in [5.41, 5.74) is 3.89. The summed E-state index contributed by atoms with van der Waals surface area (Å²) < 4.78 is 0. The van der Waals surface area contributed by atoms with E-state index in [1.165, 1.54) is 57.8 Å². The molecule has 4 fully saturated rings. The van der Waals surface area contributed by atoms with Crippen LogP contribution in [-0.4, -0.2) is 11.2 Å². The number of aliphatic hydroxyl groups excluding tert-OH is 1. The van der Waals surface area contributed by atoms with Crippen LogP contribution in [0.3, 0.4) is 0 Å². The molecule has 4 saturated carbocycles. The van der Waals surface area contributed by atoms with E-state index in [1.54, 1.807) is 0 Å². The highest BCUT2D eigenvalue weighted by atomic mass is 16.3. The van der Waals surface area contributed by atoms with Crippen LogP contribution in [0.1, 0.15) is 127 Å². The van der Waals surface area contributed by atoms with Gasteiger partial charge in [-0.25, -0.2) is 0 Å². The molecule has 178 valence electrons. The Balaban J connectivity index is 1.69. The highest BCUT2D eigenvalue weighted by Crippen LogP contribution is 2.71. The van der Waals surface area contributed by atoms with Crippen LogP contribution in [0, 0.1) is 44.3 Å². The van der Waals surface area contributed by atoms with Crippen LogP contribution >= 0.6 is 0 Å². The van der Waals surface area contributed by atoms with Gasteiger partial charge in [-0.3, -0.25) is 0 Å². The van der Waals surface area contributed by atoms with Gasteiger partial charge in [0.1, 0.15) is 0 Å². The quantitative estimate of drug-likeness (QED) is 0.415. The molecule has 4 aliphatic rings. The molecule has 0 spiro atoms. The van der Waals surface area contributed by atoms with E-state index in [9.17, 15) is 5.11 Å². The van der Waals surface area contributed by atoms with Crippen LogP contribution in [0.2, 0.25) is 0 Å². The minimum atomic E-state index is -0.128.